The number of fused-ring (bicyclic) bond motifs is 1. The molecule has 0 bridgehead atoms. The lowest BCUT2D eigenvalue weighted by molar-refractivity contribution is 0.347. The predicted octanol–water partition coefficient (Wildman–Crippen LogP) is 1.68. The fraction of sp³-hybridized carbons (Fsp3) is 0.500. The van der Waals surface area contributed by atoms with Gasteiger partial charge in [0.25, 0.3) is 0 Å². The largest absolute Gasteiger partial charge is 0.397 e. The van der Waals surface area contributed by atoms with E-state index in [4.69, 9.17) is 5.73 Å². The Morgan fingerprint density at radius 2 is 2.16 bits per heavy atom. The molecule has 3 rings (SSSR count). The maximum Gasteiger partial charge on any atom is 0.0672 e. The minimum Gasteiger partial charge on any atom is -0.397 e. The van der Waals surface area contributed by atoms with Crippen molar-refractivity contribution < 1.29 is 0 Å². The Bertz CT molecular complexity index is 556. The predicted molar refractivity (Wildman–Crippen MR) is 79.5 cm³/mol. The van der Waals surface area contributed by atoms with Gasteiger partial charge in [0.1, 0.15) is 0 Å². The van der Waals surface area contributed by atoms with E-state index in [0.29, 0.717) is 0 Å². The number of H-pyrrole nitrogens is 1. The molecule has 0 radical (unpaired) electrons. The van der Waals surface area contributed by atoms with Gasteiger partial charge in [0.05, 0.1) is 23.1 Å². The first-order valence-corrected chi connectivity index (χ1v) is 6.90. The van der Waals surface area contributed by atoms with Crippen molar-refractivity contribution in [2.24, 2.45) is 0 Å². The zero-order valence-electron chi connectivity index (χ0n) is 11.4. The van der Waals surface area contributed by atoms with Crippen LogP contribution in [0.4, 0.5) is 11.4 Å². The van der Waals surface area contributed by atoms with E-state index in [1.54, 1.807) is 6.20 Å². The first-order chi connectivity index (χ1) is 9.24. The third-order valence-electron chi connectivity index (χ3n) is 3.95. The number of anilines is 2. The molecular weight excluding hydrogens is 238 g/mol. The molecular formula is C14H21N5. The Hall–Kier alpha value is -1.75. The van der Waals surface area contributed by atoms with Crippen LogP contribution in [0.3, 0.4) is 0 Å². The summed E-state index contributed by atoms with van der Waals surface area (Å²) < 4.78 is 0. The van der Waals surface area contributed by atoms with Crippen LogP contribution in [-0.2, 0) is 0 Å². The van der Waals surface area contributed by atoms with Gasteiger partial charge in [-0.2, -0.15) is 5.10 Å². The van der Waals surface area contributed by atoms with Crippen molar-refractivity contribution in [3.05, 3.63) is 18.3 Å². The number of likely N-dealkylation sites (tertiary alicyclic amines) is 1. The maximum atomic E-state index is 6.13. The van der Waals surface area contributed by atoms with Crippen molar-refractivity contribution >= 4 is 22.3 Å². The molecule has 5 nitrogen and oxygen atoms in total. The van der Waals surface area contributed by atoms with Crippen LogP contribution in [0.25, 0.3) is 10.9 Å². The smallest absolute Gasteiger partial charge is 0.0672 e. The highest BCUT2D eigenvalue weighted by molar-refractivity contribution is 5.88. The topological polar surface area (TPSA) is 61.2 Å². The lowest BCUT2D eigenvalue weighted by Gasteiger charge is -2.24. The number of nitrogens with two attached hydrogens (primary N) is 1. The second kappa shape index (κ2) is 5.09. The number of aromatic nitrogens is 2. The molecule has 0 aliphatic carbocycles. The Labute approximate surface area is 113 Å². The van der Waals surface area contributed by atoms with E-state index in [1.807, 2.05) is 6.07 Å². The summed E-state index contributed by atoms with van der Waals surface area (Å²) in [5, 5.41) is 8.11. The SMILES string of the molecule is CN(CCN1CCCC1)c1cc2[nH]ncc2cc1N. The second-order valence-electron chi connectivity index (χ2n) is 5.34. The average molecular weight is 259 g/mol. The average Bonchev–Trinajstić information content (AvgIpc) is 3.05. The van der Waals surface area contributed by atoms with Gasteiger partial charge < -0.3 is 15.5 Å². The van der Waals surface area contributed by atoms with Crippen LogP contribution in [0.5, 0.6) is 0 Å². The van der Waals surface area contributed by atoms with Gasteiger partial charge >= 0.3 is 0 Å². The lowest BCUT2D eigenvalue weighted by atomic mass is 10.2. The molecule has 0 unspecified atom stereocenters. The molecule has 1 fully saturated rings. The highest BCUT2D eigenvalue weighted by Gasteiger charge is 2.13. The van der Waals surface area contributed by atoms with E-state index in [9.17, 15) is 0 Å². The van der Waals surface area contributed by atoms with Crippen LogP contribution in [0.15, 0.2) is 18.3 Å². The summed E-state index contributed by atoms with van der Waals surface area (Å²) >= 11 is 0. The number of hydrogen-bond donors (Lipinski definition) is 2. The summed E-state index contributed by atoms with van der Waals surface area (Å²) in [6.07, 6.45) is 4.48. The zero-order valence-corrected chi connectivity index (χ0v) is 11.4. The summed E-state index contributed by atoms with van der Waals surface area (Å²) in [5.41, 5.74) is 9.07. The number of nitrogen functional groups attached to an aromatic ring is 1. The second-order valence-corrected chi connectivity index (χ2v) is 5.34. The highest BCUT2D eigenvalue weighted by Crippen LogP contribution is 2.27. The molecule has 0 spiro atoms. The van der Waals surface area contributed by atoms with E-state index < -0.39 is 0 Å². The number of nitrogens with zero attached hydrogens (tertiary/aromatic N) is 3. The van der Waals surface area contributed by atoms with Crippen LogP contribution >= 0.6 is 0 Å². The molecule has 102 valence electrons. The maximum absolute atomic E-state index is 6.13. The van der Waals surface area contributed by atoms with E-state index in [1.165, 1.54) is 25.9 Å². The summed E-state index contributed by atoms with van der Waals surface area (Å²) in [6.45, 7) is 4.59. The molecule has 2 heterocycles. The molecule has 1 saturated heterocycles. The van der Waals surface area contributed by atoms with E-state index in [0.717, 1.165) is 35.4 Å². The fourth-order valence-electron chi connectivity index (χ4n) is 2.75. The third kappa shape index (κ3) is 2.51. The molecule has 3 N–H and O–H groups in total. The fourth-order valence-corrected chi connectivity index (χ4v) is 2.75. The molecule has 1 aliphatic heterocycles. The number of aromatic amines is 1. The van der Waals surface area contributed by atoms with Gasteiger partial charge in [-0.25, -0.2) is 0 Å². The standard InChI is InChI=1S/C14H21N5/c1-18(6-7-19-4-2-3-5-19)14-9-13-11(8-12(14)15)10-16-17-13/h8-10H,2-7,15H2,1H3,(H,16,17). The van der Waals surface area contributed by atoms with E-state index in [2.05, 4.69) is 33.1 Å². The summed E-state index contributed by atoms with van der Waals surface area (Å²) in [6, 6.07) is 4.07. The van der Waals surface area contributed by atoms with Gasteiger partial charge in [-0.15, -0.1) is 0 Å². The number of benzene rings is 1. The molecule has 0 amide bonds. The van der Waals surface area contributed by atoms with Crippen molar-refractivity contribution in [3.63, 3.8) is 0 Å². The van der Waals surface area contributed by atoms with Crippen LogP contribution in [0, 0.1) is 0 Å². The Morgan fingerprint density at radius 1 is 1.37 bits per heavy atom. The Kier molecular flexibility index (Phi) is 3.29. The zero-order chi connectivity index (χ0) is 13.2. The molecule has 0 saturated carbocycles. The van der Waals surface area contributed by atoms with Crippen LogP contribution < -0.4 is 10.6 Å². The van der Waals surface area contributed by atoms with Gasteiger partial charge in [-0.3, -0.25) is 5.10 Å². The Morgan fingerprint density at radius 3 is 2.95 bits per heavy atom. The Balaban J connectivity index is 1.72. The minimum absolute atomic E-state index is 0.817. The normalized spacial score (nSPS) is 16.3. The number of hydrogen-bond acceptors (Lipinski definition) is 4. The van der Waals surface area contributed by atoms with Crippen LogP contribution in [0.1, 0.15) is 12.8 Å². The van der Waals surface area contributed by atoms with Crippen molar-refractivity contribution in [2.45, 2.75) is 12.8 Å². The minimum atomic E-state index is 0.817. The van der Waals surface area contributed by atoms with Gasteiger partial charge in [0.15, 0.2) is 0 Å². The number of nitrogens with one attached hydrogen (secondary N) is 1. The summed E-state index contributed by atoms with van der Waals surface area (Å²) in [7, 11) is 2.10. The lowest BCUT2D eigenvalue weighted by Crippen LogP contribution is -2.31. The number of rotatable bonds is 4. The molecule has 1 aliphatic rings. The summed E-state index contributed by atoms with van der Waals surface area (Å²) in [4.78, 5) is 4.75. The molecule has 1 aromatic heterocycles. The van der Waals surface area contributed by atoms with Gasteiger partial charge in [-0.05, 0) is 38.1 Å². The first kappa shape index (κ1) is 12.3. The quantitative estimate of drug-likeness (QED) is 0.820. The molecule has 5 heteroatoms. The van der Waals surface area contributed by atoms with Crippen LogP contribution in [0.2, 0.25) is 0 Å². The molecule has 0 atom stereocenters. The van der Waals surface area contributed by atoms with Gasteiger partial charge in [0.2, 0.25) is 0 Å². The first-order valence-electron chi connectivity index (χ1n) is 6.90. The molecule has 1 aromatic carbocycles. The highest BCUT2D eigenvalue weighted by atomic mass is 15.2. The van der Waals surface area contributed by atoms with Gasteiger partial charge in [-0.1, -0.05) is 0 Å². The van der Waals surface area contributed by atoms with Crippen molar-refractivity contribution in [1.29, 1.82) is 0 Å². The van der Waals surface area contributed by atoms with E-state index >= 15 is 0 Å². The monoisotopic (exact) mass is 259 g/mol. The van der Waals surface area contributed by atoms with E-state index in [-0.39, 0.29) is 0 Å². The van der Waals surface area contributed by atoms with Crippen molar-refractivity contribution in [2.75, 3.05) is 43.9 Å². The van der Waals surface area contributed by atoms with Crippen molar-refractivity contribution in [1.82, 2.24) is 15.1 Å². The van der Waals surface area contributed by atoms with Crippen molar-refractivity contribution in [3.8, 4) is 0 Å². The number of likely N-dealkylation sites (N-methyl/N-ethyl adjacent to an activating group) is 1. The van der Waals surface area contributed by atoms with Crippen LogP contribution in [-0.4, -0.2) is 48.3 Å². The molecule has 19 heavy (non-hydrogen) atoms. The molecule has 2 aromatic rings. The summed E-state index contributed by atoms with van der Waals surface area (Å²) in [5.74, 6) is 0. The van der Waals surface area contributed by atoms with Gasteiger partial charge in [0, 0.05) is 25.5 Å². The third-order valence-corrected chi connectivity index (χ3v) is 3.95.